The molecular weight excluding hydrogens is 266 g/mol. The fourth-order valence-corrected chi connectivity index (χ4v) is 1.76. The number of hydrogen-bond donors (Lipinski definition) is 3. The first kappa shape index (κ1) is 14.6. The Morgan fingerprint density at radius 2 is 2.19 bits per heavy atom. The maximum absolute atomic E-state index is 12.2. The average Bonchev–Trinajstić information content (AvgIpc) is 2.46. The molecule has 0 spiro atoms. The Morgan fingerprint density at radius 3 is 2.90 bits per heavy atom. The van der Waals surface area contributed by atoms with Crippen LogP contribution in [0, 0.1) is 18.8 Å². The lowest BCUT2D eigenvalue weighted by Gasteiger charge is -2.08. The van der Waals surface area contributed by atoms with Gasteiger partial charge >= 0.3 is 0 Å². The fourth-order valence-electron chi connectivity index (χ4n) is 1.76. The molecule has 0 aliphatic rings. The molecule has 0 aliphatic carbocycles. The van der Waals surface area contributed by atoms with E-state index < -0.39 is 0 Å². The van der Waals surface area contributed by atoms with Crippen molar-refractivity contribution < 1.29 is 9.90 Å². The van der Waals surface area contributed by atoms with Crippen molar-refractivity contribution in [3.63, 3.8) is 0 Å². The number of nitrogens with zero attached hydrogens (tertiary/aromatic N) is 1. The summed E-state index contributed by atoms with van der Waals surface area (Å²) in [6.07, 6.45) is 2.65. The second-order valence-corrected chi connectivity index (χ2v) is 4.44. The van der Waals surface area contributed by atoms with Crippen LogP contribution in [0.1, 0.15) is 21.5 Å². The third kappa shape index (κ3) is 3.81. The van der Waals surface area contributed by atoms with Gasteiger partial charge < -0.3 is 16.2 Å². The van der Waals surface area contributed by atoms with Crippen molar-refractivity contribution in [1.29, 1.82) is 0 Å². The van der Waals surface area contributed by atoms with Gasteiger partial charge in [-0.25, -0.2) is 0 Å². The van der Waals surface area contributed by atoms with Crippen LogP contribution in [0.3, 0.4) is 0 Å². The normalized spacial score (nSPS) is 9.62. The molecule has 0 unspecified atom stereocenters. The summed E-state index contributed by atoms with van der Waals surface area (Å²) >= 11 is 0. The highest BCUT2D eigenvalue weighted by Crippen LogP contribution is 2.18. The van der Waals surface area contributed by atoms with Gasteiger partial charge in [0.1, 0.15) is 5.75 Å². The molecular formula is C16H15N3O2. The average molecular weight is 281 g/mol. The minimum atomic E-state index is -0.361. The van der Waals surface area contributed by atoms with E-state index in [-0.39, 0.29) is 23.8 Å². The Labute approximate surface area is 122 Å². The summed E-state index contributed by atoms with van der Waals surface area (Å²) in [7, 11) is 0. The topological polar surface area (TPSA) is 88.2 Å². The number of nitrogens with one attached hydrogen (secondary N) is 1. The van der Waals surface area contributed by atoms with E-state index in [9.17, 15) is 9.90 Å². The predicted molar refractivity (Wildman–Crippen MR) is 81.0 cm³/mol. The maximum atomic E-state index is 12.2. The lowest BCUT2D eigenvalue weighted by molar-refractivity contribution is 0.102. The Bertz CT molecular complexity index is 730. The first-order chi connectivity index (χ1) is 10.1. The summed E-state index contributed by atoms with van der Waals surface area (Å²) in [4.78, 5) is 15.9. The van der Waals surface area contributed by atoms with Gasteiger partial charge in [-0.05, 0) is 30.7 Å². The van der Waals surface area contributed by atoms with Gasteiger partial charge in [-0.2, -0.15) is 0 Å². The SMILES string of the molecule is Cc1ccc(C#CCN)c(NC(=O)c2cncc(O)c2)c1. The second-order valence-electron chi connectivity index (χ2n) is 4.44. The van der Waals surface area contributed by atoms with Crippen LogP contribution in [0.5, 0.6) is 5.75 Å². The minimum absolute atomic E-state index is 0.0601. The molecule has 21 heavy (non-hydrogen) atoms. The van der Waals surface area contributed by atoms with Gasteiger partial charge in [-0.3, -0.25) is 9.78 Å². The predicted octanol–water partition coefficient (Wildman–Crippen LogP) is 1.66. The largest absolute Gasteiger partial charge is 0.506 e. The number of aromatic hydroxyl groups is 1. The summed E-state index contributed by atoms with van der Waals surface area (Å²) in [6.45, 7) is 2.17. The highest BCUT2D eigenvalue weighted by atomic mass is 16.3. The van der Waals surface area contributed by atoms with Crippen molar-refractivity contribution >= 4 is 11.6 Å². The molecule has 1 aromatic heterocycles. The number of pyridine rings is 1. The molecule has 1 amide bonds. The highest BCUT2D eigenvalue weighted by molar-refractivity contribution is 6.05. The van der Waals surface area contributed by atoms with Crippen LogP contribution < -0.4 is 11.1 Å². The zero-order valence-corrected chi connectivity index (χ0v) is 11.6. The summed E-state index contributed by atoms with van der Waals surface area (Å²) in [5.74, 6) is 5.25. The minimum Gasteiger partial charge on any atom is -0.506 e. The van der Waals surface area contributed by atoms with Gasteiger partial charge in [-0.1, -0.05) is 17.9 Å². The van der Waals surface area contributed by atoms with E-state index in [1.54, 1.807) is 0 Å². The van der Waals surface area contributed by atoms with Gasteiger partial charge in [0.25, 0.3) is 5.91 Å². The molecule has 0 fully saturated rings. The van der Waals surface area contributed by atoms with Crippen molar-refractivity contribution in [2.75, 3.05) is 11.9 Å². The molecule has 1 aromatic carbocycles. The van der Waals surface area contributed by atoms with E-state index in [0.717, 1.165) is 5.56 Å². The third-order valence-electron chi connectivity index (χ3n) is 2.73. The first-order valence-electron chi connectivity index (χ1n) is 6.35. The number of aromatic nitrogens is 1. The van der Waals surface area contributed by atoms with Gasteiger partial charge in [-0.15, -0.1) is 0 Å². The second kappa shape index (κ2) is 6.55. The molecule has 0 aliphatic heterocycles. The molecule has 0 bridgehead atoms. The molecule has 2 rings (SSSR count). The molecule has 1 heterocycles. The summed E-state index contributed by atoms with van der Waals surface area (Å²) in [6, 6.07) is 6.92. The Balaban J connectivity index is 2.30. The van der Waals surface area contributed by atoms with E-state index in [1.807, 2.05) is 25.1 Å². The monoisotopic (exact) mass is 281 g/mol. The molecule has 2 aromatic rings. The van der Waals surface area contributed by atoms with E-state index in [0.29, 0.717) is 11.3 Å². The molecule has 0 radical (unpaired) electrons. The van der Waals surface area contributed by atoms with Crippen LogP contribution >= 0.6 is 0 Å². The molecule has 106 valence electrons. The van der Waals surface area contributed by atoms with Crippen LogP contribution in [0.4, 0.5) is 5.69 Å². The number of aryl methyl sites for hydroxylation is 1. The maximum Gasteiger partial charge on any atom is 0.257 e. The zero-order valence-electron chi connectivity index (χ0n) is 11.6. The van der Waals surface area contributed by atoms with Gasteiger partial charge in [0.05, 0.1) is 24.0 Å². The Hall–Kier alpha value is -2.84. The smallest absolute Gasteiger partial charge is 0.257 e. The molecule has 5 nitrogen and oxygen atoms in total. The number of carbonyl (C=O) groups is 1. The van der Waals surface area contributed by atoms with Crippen molar-refractivity contribution in [3.05, 3.63) is 53.3 Å². The number of rotatable bonds is 2. The number of nitrogens with two attached hydrogens (primary N) is 1. The van der Waals surface area contributed by atoms with Crippen LogP contribution in [0.2, 0.25) is 0 Å². The van der Waals surface area contributed by atoms with Crippen LogP contribution in [0.15, 0.2) is 36.7 Å². The zero-order chi connectivity index (χ0) is 15.2. The van der Waals surface area contributed by atoms with Crippen molar-refractivity contribution in [3.8, 4) is 17.6 Å². The molecule has 4 N–H and O–H groups in total. The van der Waals surface area contributed by atoms with Gasteiger partial charge in [0, 0.05) is 11.8 Å². The van der Waals surface area contributed by atoms with Gasteiger partial charge in [0.2, 0.25) is 0 Å². The number of anilines is 1. The first-order valence-corrected chi connectivity index (χ1v) is 6.35. The lowest BCUT2D eigenvalue weighted by atomic mass is 10.1. The van der Waals surface area contributed by atoms with Crippen molar-refractivity contribution in [2.24, 2.45) is 5.73 Å². The van der Waals surface area contributed by atoms with Crippen LogP contribution in [0.25, 0.3) is 0 Å². The van der Waals surface area contributed by atoms with E-state index in [4.69, 9.17) is 5.73 Å². The van der Waals surface area contributed by atoms with Gasteiger partial charge in [0.15, 0.2) is 0 Å². The fraction of sp³-hybridized carbons (Fsp3) is 0.125. The summed E-state index contributed by atoms with van der Waals surface area (Å²) in [5, 5.41) is 12.1. The van der Waals surface area contributed by atoms with E-state index >= 15 is 0 Å². The van der Waals surface area contributed by atoms with Crippen molar-refractivity contribution in [1.82, 2.24) is 4.98 Å². The van der Waals surface area contributed by atoms with Crippen LogP contribution in [-0.4, -0.2) is 22.5 Å². The van der Waals surface area contributed by atoms with Crippen molar-refractivity contribution in [2.45, 2.75) is 6.92 Å². The standard InChI is InChI=1S/C16H15N3O2/c1-11-4-5-12(3-2-6-17)15(7-11)19-16(21)13-8-14(20)10-18-9-13/h4-5,7-10,20H,6,17H2,1H3,(H,19,21). The number of amides is 1. The number of hydrogen-bond acceptors (Lipinski definition) is 4. The summed E-state index contributed by atoms with van der Waals surface area (Å²) in [5.41, 5.74) is 7.93. The number of carbonyl (C=O) groups excluding carboxylic acids is 1. The highest BCUT2D eigenvalue weighted by Gasteiger charge is 2.09. The summed E-state index contributed by atoms with van der Waals surface area (Å²) < 4.78 is 0. The van der Waals surface area contributed by atoms with E-state index in [1.165, 1.54) is 18.5 Å². The quantitative estimate of drug-likeness (QED) is 0.730. The van der Waals surface area contributed by atoms with Crippen LogP contribution in [-0.2, 0) is 0 Å². The molecule has 0 saturated heterocycles. The Morgan fingerprint density at radius 1 is 1.38 bits per heavy atom. The van der Waals surface area contributed by atoms with E-state index in [2.05, 4.69) is 22.1 Å². The third-order valence-corrected chi connectivity index (χ3v) is 2.73. The Kier molecular flexibility index (Phi) is 4.54. The molecule has 0 atom stereocenters. The molecule has 5 heteroatoms. The molecule has 0 saturated carbocycles. The lowest BCUT2D eigenvalue weighted by Crippen LogP contribution is -2.13. The number of benzene rings is 1.